The van der Waals surface area contributed by atoms with E-state index in [2.05, 4.69) is 12.2 Å². The summed E-state index contributed by atoms with van der Waals surface area (Å²) in [7, 11) is 0. The Morgan fingerprint density at radius 2 is 1.79 bits per heavy atom. The number of aliphatic hydroxyl groups excluding tert-OH is 1. The second kappa shape index (κ2) is 9.03. The third-order valence-electron chi connectivity index (χ3n) is 3.89. The molecule has 5 heteroatoms. The van der Waals surface area contributed by atoms with Crippen LogP contribution in [0.2, 0.25) is 0 Å². The zero-order valence-electron chi connectivity index (χ0n) is 14.0. The molecule has 0 bridgehead atoms. The Hall–Kier alpha value is -2.40. The molecule has 0 aliphatic carbocycles. The van der Waals surface area contributed by atoms with E-state index < -0.39 is 11.8 Å². The van der Waals surface area contributed by atoms with E-state index >= 15 is 0 Å². The summed E-state index contributed by atoms with van der Waals surface area (Å²) in [6.07, 6.45) is 2.84. The summed E-state index contributed by atoms with van der Waals surface area (Å²) in [6, 6.07) is 13.3. The molecule has 128 valence electrons. The molecule has 2 rings (SSSR count). The van der Waals surface area contributed by atoms with Gasteiger partial charge in [-0.3, -0.25) is 9.59 Å². The molecule has 0 fully saturated rings. The molecule has 0 spiro atoms. The van der Waals surface area contributed by atoms with E-state index in [1.165, 1.54) is 4.90 Å². The number of hydrogen-bond donors (Lipinski definition) is 2. The van der Waals surface area contributed by atoms with Crippen molar-refractivity contribution in [2.75, 3.05) is 25.0 Å². The molecule has 24 heavy (non-hydrogen) atoms. The molecule has 2 aromatic carbocycles. The van der Waals surface area contributed by atoms with Crippen molar-refractivity contribution in [3.63, 3.8) is 0 Å². The smallest absolute Gasteiger partial charge is 0.313 e. The van der Waals surface area contributed by atoms with Gasteiger partial charge in [0.2, 0.25) is 0 Å². The van der Waals surface area contributed by atoms with Crippen molar-refractivity contribution in [2.24, 2.45) is 0 Å². The Bertz CT molecular complexity index is 700. The minimum atomic E-state index is -0.671. The SMILES string of the molecule is CCCCCN(CCO)C(=O)C(=O)Nc1ccc2ccccc2c1. The maximum absolute atomic E-state index is 12.3. The zero-order valence-corrected chi connectivity index (χ0v) is 14.0. The first-order chi connectivity index (χ1) is 11.7. The summed E-state index contributed by atoms with van der Waals surface area (Å²) < 4.78 is 0. The van der Waals surface area contributed by atoms with E-state index in [0.717, 1.165) is 30.0 Å². The number of nitrogens with zero attached hydrogens (tertiary/aromatic N) is 1. The fourth-order valence-corrected chi connectivity index (χ4v) is 2.58. The first-order valence-corrected chi connectivity index (χ1v) is 8.35. The lowest BCUT2D eigenvalue weighted by atomic mass is 10.1. The fraction of sp³-hybridized carbons (Fsp3) is 0.368. The molecule has 5 nitrogen and oxygen atoms in total. The number of nitrogens with one attached hydrogen (secondary N) is 1. The van der Waals surface area contributed by atoms with Gasteiger partial charge in [0.05, 0.1) is 6.61 Å². The van der Waals surface area contributed by atoms with E-state index in [0.29, 0.717) is 12.2 Å². The van der Waals surface area contributed by atoms with Crippen LogP contribution in [-0.4, -0.2) is 41.5 Å². The van der Waals surface area contributed by atoms with E-state index in [-0.39, 0.29) is 13.2 Å². The van der Waals surface area contributed by atoms with Crippen LogP contribution in [0.1, 0.15) is 26.2 Å². The zero-order chi connectivity index (χ0) is 17.4. The van der Waals surface area contributed by atoms with Gasteiger partial charge in [-0.15, -0.1) is 0 Å². The van der Waals surface area contributed by atoms with Gasteiger partial charge in [0.25, 0.3) is 0 Å². The largest absolute Gasteiger partial charge is 0.395 e. The molecule has 0 aromatic heterocycles. The van der Waals surface area contributed by atoms with Crippen LogP contribution in [0.15, 0.2) is 42.5 Å². The molecule has 2 aromatic rings. The van der Waals surface area contributed by atoms with Crippen molar-refractivity contribution in [3.05, 3.63) is 42.5 Å². The van der Waals surface area contributed by atoms with Crippen molar-refractivity contribution in [2.45, 2.75) is 26.2 Å². The number of unbranched alkanes of at least 4 members (excludes halogenated alkanes) is 2. The maximum Gasteiger partial charge on any atom is 0.313 e. The van der Waals surface area contributed by atoms with Gasteiger partial charge < -0.3 is 15.3 Å². The van der Waals surface area contributed by atoms with Gasteiger partial charge in [0, 0.05) is 18.8 Å². The first-order valence-electron chi connectivity index (χ1n) is 8.35. The lowest BCUT2D eigenvalue weighted by molar-refractivity contribution is -0.143. The average molecular weight is 328 g/mol. The summed E-state index contributed by atoms with van der Waals surface area (Å²) in [6.45, 7) is 2.58. The van der Waals surface area contributed by atoms with Crippen LogP contribution in [-0.2, 0) is 9.59 Å². The molecule has 0 heterocycles. The third kappa shape index (κ3) is 4.80. The van der Waals surface area contributed by atoms with E-state index in [4.69, 9.17) is 5.11 Å². The quantitative estimate of drug-likeness (QED) is 0.606. The Balaban J connectivity index is 2.03. The number of hydrogen-bond acceptors (Lipinski definition) is 3. The monoisotopic (exact) mass is 328 g/mol. The lowest BCUT2D eigenvalue weighted by Crippen LogP contribution is -2.41. The van der Waals surface area contributed by atoms with Crippen molar-refractivity contribution in [1.29, 1.82) is 0 Å². The van der Waals surface area contributed by atoms with Gasteiger partial charge in [-0.2, -0.15) is 0 Å². The van der Waals surface area contributed by atoms with E-state index in [9.17, 15) is 9.59 Å². The van der Waals surface area contributed by atoms with Gasteiger partial charge >= 0.3 is 11.8 Å². The molecular formula is C19H24N2O3. The maximum atomic E-state index is 12.3. The standard InChI is InChI=1S/C19H24N2O3/c1-2-3-6-11-21(12-13-22)19(24)18(23)20-17-10-9-15-7-4-5-8-16(15)14-17/h4-5,7-10,14,22H,2-3,6,11-13H2,1H3,(H,20,23). The summed E-state index contributed by atoms with van der Waals surface area (Å²) in [5.41, 5.74) is 0.588. The summed E-state index contributed by atoms with van der Waals surface area (Å²) >= 11 is 0. The molecule has 0 aliphatic rings. The number of carbonyl (C=O) groups is 2. The highest BCUT2D eigenvalue weighted by Crippen LogP contribution is 2.18. The number of rotatable bonds is 7. The van der Waals surface area contributed by atoms with Crippen LogP contribution < -0.4 is 5.32 Å². The van der Waals surface area contributed by atoms with Crippen molar-refractivity contribution < 1.29 is 14.7 Å². The molecule has 2 N–H and O–H groups in total. The summed E-state index contributed by atoms with van der Waals surface area (Å²) in [5.74, 6) is -1.27. The third-order valence-corrected chi connectivity index (χ3v) is 3.89. The van der Waals surface area contributed by atoms with Gasteiger partial charge in [-0.1, -0.05) is 50.1 Å². The molecule has 0 saturated carbocycles. The van der Waals surface area contributed by atoms with Crippen LogP contribution in [0.5, 0.6) is 0 Å². The molecule has 0 unspecified atom stereocenters. The van der Waals surface area contributed by atoms with Gasteiger partial charge in [0.1, 0.15) is 0 Å². The second-order valence-electron chi connectivity index (χ2n) is 5.74. The van der Waals surface area contributed by atoms with Crippen molar-refractivity contribution in [1.82, 2.24) is 4.90 Å². The summed E-state index contributed by atoms with van der Waals surface area (Å²) in [5, 5.41) is 13.8. The predicted octanol–water partition coefficient (Wildman–Crippen LogP) is 2.79. The minimum absolute atomic E-state index is 0.152. The summed E-state index contributed by atoms with van der Waals surface area (Å²) in [4.78, 5) is 25.9. The molecule has 0 saturated heterocycles. The van der Waals surface area contributed by atoms with Gasteiger partial charge in [-0.05, 0) is 29.3 Å². The van der Waals surface area contributed by atoms with Crippen LogP contribution in [0, 0.1) is 0 Å². The first kappa shape index (κ1) is 17.9. The van der Waals surface area contributed by atoms with Crippen LogP contribution in [0.4, 0.5) is 5.69 Å². The highest BCUT2D eigenvalue weighted by Gasteiger charge is 2.21. The van der Waals surface area contributed by atoms with Crippen molar-refractivity contribution in [3.8, 4) is 0 Å². The second-order valence-corrected chi connectivity index (χ2v) is 5.74. The number of amides is 2. The average Bonchev–Trinajstić information content (AvgIpc) is 2.60. The van der Waals surface area contributed by atoms with Crippen LogP contribution in [0.3, 0.4) is 0 Å². The molecular weight excluding hydrogens is 304 g/mol. The molecule has 2 amide bonds. The highest BCUT2D eigenvalue weighted by atomic mass is 16.3. The Labute approximate surface area is 142 Å². The molecule has 0 aliphatic heterocycles. The van der Waals surface area contributed by atoms with E-state index in [1.807, 2.05) is 36.4 Å². The lowest BCUT2D eigenvalue weighted by Gasteiger charge is -2.21. The molecule has 0 atom stereocenters. The van der Waals surface area contributed by atoms with Crippen LogP contribution >= 0.6 is 0 Å². The Morgan fingerprint density at radius 1 is 1.04 bits per heavy atom. The predicted molar refractivity (Wildman–Crippen MR) is 95.8 cm³/mol. The minimum Gasteiger partial charge on any atom is -0.395 e. The normalized spacial score (nSPS) is 10.6. The number of anilines is 1. The van der Waals surface area contributed by atoms with Gasteiger partial charge in [-0.25, -0.2) is 0 Å². The number of aliphatic hydroxyl groups is 1. The number of carbonyl (C=O) groups excluding carboxylic acids is 2. The number of fused-ring (bicyclic) bond motifs is 1. The Morgan fingerprint density at radius 3 is 2.50 bits per heavy atom. The van der Waals surface area contributed by atoms with Gasteiger partial charge in [0.15, 0.2) is 0 Å². The molecule has 0 radical (unpaired) electrons. The van der Waals surface area contributed by atoms with Crippen LogP contribution in [0.25, 0.3) is 10.8 Å². The topological polar surface area (TPSA) is 69.6 Å². The van der Waals surface area contributed by atoms with Crippen molar-refractivity contribution >= 4 is 28.3 Å². The fourth-order valence-electron chi connectivity index (χ4n) is 2.58. The van der Waals surface area contributed by atoms with E-state index in [1.54, 1.807) is 6.07 Å². The highest BCUT2D eigenvalue weighted by molar-refractivity contribution is 6.39. The number of benzene rings is 2. The Kier molecular flexibility index (Phi) is 6.75.